The second kappa shape index (κ2) is 9.51. The van der Waals surface area contributed by atoms with Gasteiger partial charge in [-0.05, 0) is 48.6 Å². The van der Waals surface area contributed by atoms with Crippen molar-refractivity contribution in [1.82, 2.24) is 14.1 Å². The molecule has 1 amide bonds. The minimum Gasteiger partial charge on any atom is -0.338 e. The summed E-state index contributed by atoms with van der Waals surface area (Å²) in [6.45, 7) is 7.01. The maximum Gasteiger partial charge on any atom is 0.253 e. The molecule has 0 saturated carbocycles. The zero-order chi connectivity index (χ0) is 21.8. The minimum absolute atomic E-state index is 0.123. The topological polar surface area (TPSA) is 60.9 Å². The van der Waals surface area contributed by atoms with Gasteiger partial charge >= 0.3 is 0 Å². The molecule has 6 nitrogen and oxygen atoms in total. The first-order valence-electron chi connectivity index (χ1n) is 11.1. The molecule has 2 heterocycles. The second-order valence-electron chi connectivity index (χ2n) is 8.69. The predicted molar refractivity (Wildman–Crippen MR) is 121 cm³/mol. The Bertz CT molecular complexity index is 984. The van der Waals surface area contributed by atoms with Crippen LogP contribution in [0.1, 0.15) is 35.7 Å². The van der Waals surface area contributed by atoms with Gasteiger partial charge in [0.15, 0.2) is 0 Å². The van der Waals surface area contributed by atoms with Crippen LogP contribution in [0.15, 0.2) is 59.5 Å². The van der Waals surface area contributed by atoms with Crippen molar-refractivity contribution in [3.05, 3.63) is 65.7 Å². The maximum atomic E-state index is 12.8. The fourth-order valence-corrected chi connectivity index (χ4v) is 5.88. The molecule has 2 aliphatic heterocycles. The number of rotatable bonds is 5. The number of piperidine rings is 1. The van der Waals surface area contributed by atoms with Gasteiger partial charge in [-0.2, -0.15) is 4.31 Å². The highest BCUT2D eigenvalue weighted by Gasteiger charge is 2.28. The monoisotopic (exact) mass is 441 g/mol. The van der Waals surface area contributed by atoms with Crippen LogP contribution in [0.4, 0.5) is 0 Å². The molecule has 0 bridgehead atoms. The van der Waals surface area contributed by atoms with Crippen molar-refractivity contribution in [1.29, 1.82) is 0 Å². The first kappa shape index (κ1) is 22.0. The summed E-state index contributed by atoms with van der Waals surface area (Å²) in [7, 11) is -3.42. The van der Waals surface area contributed by atoms with Gasteiger partial charge in [-0.15, -0.1) is 0 Å². The number of benzene rings is 2. The molecule has 0 unspecified atom stereocenters. The molecular formula is C24H31N3O3S. The van der Waals surface area contributed by atoms with E-state index in [0.29, 0.717) is 37.0 Å². The van der Waals surface area contributed by atoms with E-state index in [1.165, 1.54) is 6.42 Å². The summed E-state index contributed by atoms with van der Waals surface area (Å²) in [6, 6.07) is 16.5. The Hall–Kier alpha value is -2.22. The molecule has 166 valence electrons. The number of nitrogens with zero attached hydrogens (tertiary/aromatic N) is 3. The summed E-state index contributed by atoms with van der Waals surface area (Å²) in [5.41, 5.74) is 1.89. The fraction of sp³-hybridized carbons (Fsp3) is 0.458. The molecule has 0 aromatic heterocycles. The SMILES string of the molecule is C[C@H]1CCCN(C(=O)c2ccc(CN3CCN(S(=O)(=O)c4ccccc4)CC3)cc2)C1. The second-order valence-corrected chi connectivity index (χ2v) is 10.6. The smallest absolute Gasteiger partial charge is 0.253 e. The van der Waals surface area contributed by atoms with Gasteiger partial charge in [-0.25, -0.2) is 8.42 Å². The van der Waals surface area contributed by atoms with Crippen molar-refractivity contribution < 1.29 is 13.2 Å². The Morgan fingerprint density at radius 2 is 1.61 bits per heavy atom. The van der Waals surface area contributed by atoms with Gasteiger partial charge in [0.1, 0.15) is 0 Å². The number of piperazine rings is 1. The molecule has 2 fully saturated rings. The van der Waals surface area contributed by atoms with E-state index < -0.39 is 10.0 Å². The number of hydrogen-bond donors (Lipinski definition) is 0. The minimum atomic E-state index is -3.42. The van der Waals surface area contributed by atoms with E-state index in [2.05, 4.69) is 11.8 Å². The Labute approximate surface area is 185 Å². The molecule has 2 aromatic rings. The number of amides is 1. The van der Waals surface area contributed by atoms with Gasteiger partial charge in [0.05, 0.1) is 4.90 Å². The Morgan fingerprint density at radius 3 is 2.26 bits per heavy atom. The van der Waals surface area contributed by atoms with Crippen molar-refractivity contribution in [2.24, 2.45) is 5.92 Å². The van der Waals surface area contributed by atoms with Gasteiger partial charge in [0.2, 0.25) is 10.0 Å². The largest absolute Gasteiger partial charge is 0.338 e. The van der Waals surface area contributed by atoms with Crippen LogP contribution in [-0.4, -0.2) is 67.7 Å². The molecule has 0 radical (unpaired) electrons. The molecule has 4 rings (SSSR count). The Kier molecular flexibility index (Phi) is 6.74. The summed E-state index contributed by atoms with van der Waals surface area (Å²) in [4.78, 5) is 17.3. The van der Waals surface area contributed by atoms with Gasteiger partial charge < -0.3 is 4.90 Å². The lowest BCUT2D eigenvalue weighted by Crippen LogP contribution is -2.48. The summed E-state index contributed by atoms with van der Waals surface area (Å²) >= 11 is 0. The van der Waals surface area contributed by atoms with E-state index in [4.69, 9.17) is 0 Å². The third-order valence-electron chi connectivity index (χ3n) is 6.26. The third kappa shape index (κ3) is 5.17. The molecule has 2 aromatic carbocycles. The number of hydrogen-bond acceptors (Lipinski definition) is 4. The summed E-state index contributed by atoms with van der Waals surface area (Å²) in [5, 5.41) is 0. The van der Waals surface area contributed by atoms with Crippen molar-refractivity contribution in [2.45, 2.75) is 31.2 Å². The quantitative estimate of drug-likeness (QED) is 0.716. The predicted octanol–water partition coefficient (Wildman–Crippen LogP) is 3.07. The average Bonchev–Trinajstić information content (AvgIpc) is 2.80. The molecular weight excluding hydrogens is 410 g/mol. The van der Waals surface area contributed by atoms with E-state index >= 15 is 0 Å². The van der Waals surface area contributed by atoms with E-state index in [1.54, 1.807) is 28.6 Å². The summed E-state index contributed by atoms with van der Waals surface area (Å²) < 4.78 is 27.1. The fourth-order valence-electron chi connectivity index (χ4n) is 4.44. The molecule has 7 heteroatoms. The first-order chi connectivity index (χ1) is 14.9. The van der Waals surface area contributed by atoms with E-state index in [9.17, 15) is 13.2 Å². The highest BCUT2D eigenvalue weighted by Crippen LogP contribution is 2.20. The van der Waals surface area contributed by atoms with Crippen LogP contribution in [0, 0.1) is 5.92 Å². The molecule has 31 heavy (non-hydrogen) atoms. The number of carbonyl (C=O) groups excluding carboxylic acids is 1. The highest BCUT2D eigenvalue weighted by molar-refractivity contribution is 7.89. The van der Waals surface area contributed by atoms with Gasteiger partial charge in [-0.1, -0.05) is 37.3 Å². The van der Waals surface area contributed by atoms with Crippen LogP contribution in [0.5, 0.6) is 0 Å². The van der Waals surface area contributed by atoms with Crippen molar-refractivity contribution in [3.8, 4) is 0 Å². The lowest BCUT2D eigenvalue weighted by Gasteiger charge is -2.34. The third-order valence-corrected chi connectivity index (χ3v) is 8.18. The maximum absolute atomic E-state index is 12.8. The summed E-state index contributed by atoms with van der Waals surface area (Å²) in [5.74, 6) is 0.694. The molecule has 2 aliphatic rings. The zero-order valence-corrected chi connectivity index (χ0v) is 18.9. The average molecular weight is 442 g/mol. The van der Waals surface area contributed by atoms with Crippen LogP contribution in [0.3, 0.4) is 0 Å². The van der Waals surface area contributed by atoms with Gasteiger partial charge in [-0.3, -0.25) is 9.69 Å². The van der Waals surface area contributed by atoms with Crippen molar-refractivity contribution in [2.75, 3.05) is 39.3 Å². The highest BCUT2D eigenvalue weighted by atomic mass is 32.2. The van der Waals surface area contributed by atoms with Crippen LogP contribution < -0.4 is 0 Å². The van der Waals surface area contributed by atoms with Crippen molar-refractivity contribution >= 4 is 15.9 Å². The van der Waals surface area contributed by atoms with Gasteiger partial charge in [0, 0.05) is 51.4 Å². The van der Waals surface area contributed by atoms with E-state index in [0.717, 1.165) is 37.2 Å². The van der Waals surface area contributed by atoms with Gasteiger partial charge in [0.25, 0.3) is 5.91 Å². The Morgan fingerprint density at radius 1 is 0.935 bits per heavy atom. The van der Waals surface area contributed by atoms with E-state index in [-0.39, 0.29) is 5.91 Å². The van der Waals surface area contributed by atoms with Crippen LogP contribution in [-0.2, 0) is 16.6 Å². The van der Waals surface area contributed by atoms with Crippen LogP contribution in [0.2, 0.25) is 0 Å². The number of sulfonamides is 1. The number of likely N-dealkylation sites (tertiary alicyclic amines) is 1. The molecule has 0 spiro atoms. The first-order valence-corrected chi connectivity index (χ1v) is 12.5. The molecule has 0 N–H and O–H groups in total. The molecule has 0 aliphatic carbocycles. The number of carbonyl (C=O) groups is 1. The molecule has 2 saturated heterocycles. The zero-order valence-electron chi connectivity index (χ0n) is 18.1. The lowest BCUT2D eigenvalue weighted by atomic mass is 9.99. The lowest BCUT2D eigenvalue weighted by molar-refractivity contribution is 0.0683. The summed E-state index contributed by atoms with van der Waals surface area (Å²) in [6.07, 6.45) is 2.28. The van der Waals surface area contributed by atoms with Crippen LogP contribution >= 0.6 is 0 Å². The van der Waals surface area contributed by atoms with Crippen LogP contribution in [0.25, 0.3) is 0 Å². The normalized spacial score (nSPS) is 21.2. The Balaban J connectivity index is 1.31. The van der Waals surface area contributed by atoms with E-state index in [1.807, 2.05) is 35.2 Å². The molecule has 1 atom stereocenters. The standard InChI is InChI=1S/C24H31N3O3S/c1-20-6-5-13-26(18-20)24(28)22-11-9-21(10-12-22)19-25-14-16-27(17-15-25)31(29,30)23-7-3-2-4-8-23/h2-4,7-12,20H,5-6,13-19H2,1H3/t20-/m0/s1. The van der Waals surface area contributed by atoms with Crippen molar-refractivity contribution in [3.63, 3.8) is 0 Å².